The van der Waals surface area contributed by atoms with Crippen molar-refractivity contribution in [1.82, 2.24) is 9.62 Å². The van der Waals surface area contributed by atoms with Crippen molar-refractivity contribution in [1.29, 1.82) is 0 Å². The van der Waals surface area contributed by atoms with Crippen LogP contribution in [0.1, 0.15) is 38.5 Å². The van der Waals surface area contributed by atoms with Crippen molar-refractivity contribution in [3.63, 3.8) is 0 Å². The van der Waals surface area contributed by atoms with E-state index in [9.17, 15) is 18.0 Å². The molecule has 0 spiro atoms. The highest BCUT2D eigenvalue weighted by Gasteiger charge is 2.37. The summed E-state index contributed by atoms with van der Waals surface area (Å²) < 4.78 is 24.2. The molecule has 122 valence electrons. The number of carbonyl (C=O) groups excluding carboxylic acids is 1. The summed E-state index contributed by atoms with van der Waals surface area (Å²) in [6.07, 6.45) is 3.51. The lowest BCUT2D eigenvalue weighted by atomic mass is 9.79. The first-order chi connectivity index (χ1) is 9.67. The minimum absolute atomic E-state index is 0.00356. The van der Waals surface area contributed by atoms with Gasteiger partial charge in [0.1, 0.15) is 0 Å². The maximum atomic E-state index is 11.9. The van der Waals surface area contributed by atoms with Gasteiger partial charge in [-0.2, -0.15) is 0 Å². The molecule has 1 aliphatic carbocycles. The van der Waals surface area contributed by atoms with E-state index in [4.69, 9.17) is 5.11 Å². The summed E-state index contributed by atoms with van der Waals surface area (Å²) in [7, 11) is -0.447. The topological polar surface area (TPSA) is 104 Å². The summed E-state index contributed by atoms with van der Waals surface area (Å²) >= 11 is 0. The van der Waals surface area contributed by atoms with Crippen LogP contribution in [0.4, 0.5) is 0 Å². The van der Waals surface area contributed by atoms with Gasteiger partial charge in [0.15, 0.2) is 0 Å². The standard InChI is InChI=1S/C13H24N2O5S/c1-15(2)21(19,20)8-7-14-11(16)9-13(10-12(17)18)5-3-4-6-13/h3-10H2,1-2H3,(H,14,16)(H,17,18). The molecule has 1 rings (SSSR count). The van der Waals surface area contributed by atoms with Gasteiger partial charge in [-0.3, -0.25) is 9.59 Å². The van der Waals surface area contributed by atoms with Gasteiger partial charge in [-0.15, -0.1) is 0 Å². The van der Waals surface area contributed by atoms with Crippen LogP contribution < -0.4 is 5.32 Å². The molecule has 0 aromatic rings. The average molecular weight is 320 g/mol. The predicted molar refractivity (Wildman–Crippen MR) is 78.3 cm³/mol. The van der Waals surface area contributed by atoms with Gasteiger partial charge in [-0.25, -0.2) is 12.7 Å². The zero-order valence-electron chi connectivity index (χ0n) is 12.6. The van der Waals surface area contributed by atoms with Crippen LogP contribution >= 0.6 is 0 Å². The molecule has 2 N–H and O–H groups in total. The molecule has 0 radical (unpaired) electrons. The molecule has 0 aliphatic heterocycles. The van der Waals surface area contributed by atoms with Gasteiger partial charge in [0.2, 0.25) is 15.9 Å². The molecule has 0 heterocycles. The lowest BCUT2D eigenvalue weighted by Gasteiger charge is -2.26. The van der Waals surface area contributed by atoms with Crippen LogP contribution in [-0.4, -0.2) is 56.1 Å². The largest absolute Gasteiger partial charge is 0.481 e. The smallest absolute Gasteiger partial charge is 0.303 e. The molecule has 7 nitrogen and oxygen atoms in total. The SMILES string of the molecule is CN(C)S(=O)(=O)CCNC(=O)CC1(CC(=O)O)CCCC1. The number of aliphatic carboxylic acids is 1. The Bertz CT molecular complexity index is 481. The Kier molecular flexibility index (Phi) is 6.15. The normalized spacial score (nSPS) is 17.9. The monoisotopic (exact) mass is 320 g/mol. The second kappa shape index (κ2) is 7.22. The molecule has 21 heavy (non-hydrogen) atoms. The van der Waals surface area contributed by atoms with Crippen molar-refractivity contribution in [2.45, 2.75) is 38.5 Å². The first kappa shape index (κ1) is 17.9. The second-order valence-electron chi connectivity index (χ2n) is 5.90. The third kappa shape index (κ3) is 5.62. The Hall–Kier alpha value is -1.15. The third-order valence-corrected chi connectivity index (χ3v) is 5.80. The van der Waals surface area contributed by atoms with Gasteiger partial charge in [0.25, 0.3) is 0 Å². The maximum absolute atomic E-state index is 11.9. The molecule has 0 atom stereocenters. The Morgan fingerprint density at radius 1 is 1.19 bits per heavy atom. The molecular weight excluding hydrogens is 296 g/mol. The van der Waals surface area contributed by atoms with Crippen molar-refractivity contribution in [3.8, 4) is 0 Å². The number of amides is 1. The second-order valence-corrected chi connectivity index (χ2v) is 8.21. The van der Waals surface area contributed by atoms with E-state index in [0.29, 0.717) is 0 Å². The van der Waals surface area contributed by atoms with Crippen molar-refractivity contribution in [2.24, 2.45) is 5.41 Å². The molecule has 1 amide bonds. The van der Waals surface area contributed by atoms with E-state index in [1.807, 2.05) is 0 Å². The molecular formula is C13H24N2O5S. The van der Waals surface area contributed by atoms with Crippen molar-refractivity contribution in [3.05, 3.63) is 0 Å². The summed E-state index contributed by atoms with van der Waals surface area (Å²) in [5.74, 6) is -1.32. The molecule has 1 fully saturated rings. The number of carbonyl (C=O) groups is 2. The number of hydrogen-bond acceptors (Lipinski definition) is 4. The fraction of sp³-hybridized carbons (Fsp3) is 0.846. The van der Waals surface area contributed by atoms with Crippen molar-refractivity contribution in [2.75, 3.05) is 26.4 Å². The number of hydrogen-bond donors (Lipinski definition) is 2. The molecule has 0 aromatic heterocycles. The highest BCUT2D eigenvalue weighted by Crippen LogP contribution is 2.43. The number of nitrogens with zero attached hydrogens (tertiary/aromatic N) is 1. The Labute approximate surface area is 125 Å². The number of rotatable bonds is 8. The van der Waals surface area contributed by atoms with Gasteiger partial charge in [-0.05, 0) is 18.3 Å². The van der Waals surface area contributed by atoms with Gasteiger partial charge in [-0.1, -0.05) is 12.8 Å². The van der Waals surface area contributed by atoms with Gasteiger partial charge >= 0.3 is 5.97 Å². The summed E-state index contributed by atoms with van der Waals surface area (Å²) in [5, 5.41) is 11.6. The summed E-state index contributed by atoms with van der Waals surface area (Å²) in [5.41, 5.74) is -0.462. The molecule has 0 saturated heterocycles. The van der Waals surface area contributed by atoms with Crippen LogP contribution in [0.2, 0.25) is 0 Å². The first-order valence-corrected chi connectivity index (χ1v) is 8.66. The van der Waals surface area contributed by atoms with E-state index in [0.717, 1.165) is 30.0 Å². The van der Waals surface area contributed by atoms with Crippen LogP contribution in [0.25, 0.3) is 0 Å². The van der Waals surface area contributed by atoms with Crippen LogP contribution in [0, 0.1) is 5.41 Å². The van der Waals surface area contributed by atoms with E-state index in [1.165, 1.54) is 14.1 Å². The quantitative estimate of drug-likeness (QED) is 0.674. The number of carboxylic acid groups (broad SMARTS) is 1. The van der Waals surface area contributed by atoms with E-state index in [-0.39, 0.29) is 31.0 Å². The zero-order chi connectivity index (χ0) is 16.1. The van der Waals surface area contributed by atoms with E-state index in [1.54, 1.807) is 0 Å². The molecule has 0 aromatic carbocycles. The molecule has 0 bridgehead atoms. The minimum Gasteiger partial charge on any atom is -0.481 e. The van der Waals surface area contributed by atoms with Crippen LogP contribution in [0.15, 0.2) is 0 Å². The lowest BCUT2D eigenvalue weighted by molar-refractivity contribution is -0.140. The van der Waals surface area contributed by atoms with Crippen molar-refractivity contribution >= 4 is 21.9 Å². The number of sulfonamides is 1. The number of carboxylic acids is 1. The molecule has 0 unspecified atom stereocenters. The summed E-state index contributed by atoms with van der Waals surface area (Å²) in [4.78, 5) is 22.9. The zero-order valence-corrected chi connectivity index (χ0v) is 13.4. The van der Waals surface area contributed by atoms with Gasteiger partial charge in [0, 0.05) is 27.1 Å². The Morgan fingerprint density at radius 2 is 1.76 bits per heavy atom. The number of nitrogens with one attached hydrogen (secondary N) is 1. The van der Waals surface area contributed by atoms with Crippen molar-refractivity contribution < 1.29 is 23.1 Å². The molecule has 1 saturated carbocycles. The van der Waals surface area contributed by atoms with Gasteiger partial charge < -0.3 is 10.4 Å². The van der Waals surface area contributed by atoms with Gasteiger partial charge in [0.05, 0.1) is 12.2 Å². The highest BCUT2D eigenvalue weighted by molar-refractivity contribution is 7.89. The Balaban J connectivity index is 2.47. The van der Waals surface area contributed by atoms with Crippen LogP contribution in [0.3, 0.4) is 0 Å². The first-order valence-electron chi connectivity index (χ1n) is 7.06. The summed E-state index contributed by atoms with van der Waals surface area (Å²) in [6.45, 7) is 0.0441. The minimum atomic E-state index is -3.33. The molecule has 8 heteroatoms. The molecule has 1 aliphatic rings. The predicted octanol–water partition coefficient (Wildman–Crippen LogP) is 0.419. The lowest BCUT2D eigenvalue weighted by Crippen LogP contribution is -2.36. The van der Waals surface area contributed by atoms with E-state index >= 15 is 0 Å². The summed E-state index contributed by atoms with van der Waals surface area (Å²) in [6, 6.07) is 0. The fourth-order valence-corrected chi connectivity index (χ4v) is 3.49. The van der Waals surface area contributed by atoms with E-state index in [2.05, 4.69) is 5.32 Å². The maximum Gasteiger partial charge on any atom is 0.303 e. The fourth-order valence-electron chi connectivity index (χ4n) is 2.77. The third-order valence-electron chi connectivity index (χ3n) is 3.96. The highest BCUT2D eigenvalue weighted by atomic mass is 32.2. The average Bonchev–Trinajstić information content (AvgIpc) is 2.75. The van der Waals surface area contributed by atoms with Crippen LogP contribution in [-0.2, 0) is 19.6 Å². The van der Waals surface area contributed by atoms with E-state index < -0.39 is 21.4 Å². The van der Waals surface area contributed by atoms with Crippen LogP contribution in [0.5, 0.6) is 0 Å². The Morgan fingerprint density at radius 3 is 2.24 bits per heavy atom.